The number of rotatable bonds is 8. The van der Waals surface area contributed by atoms with Gasteiger partial charge in [0, 0.05) is 16.6 Å². The highest BCUT2D eigenvalue weighted by Crippen LogP contribution is 2.39. The second kappa shape index (κ2) is 10.7. The predicted octanol–water partition coefficient (Wildman–Crippen LogP) is 4.54. The SMILES string of the molecule is COC(=O)[C@@H](C)N1C(=O)S/C(=C/c2cc(OC)c(OCc3ccc([N+](=O)[O-])cc3)cc2Br)C1=O. The first-order chi connectivity index (χ1) is 16.2. The lowest BCUT2D eigenvalue weighted by atomic mass is 10.1. The van der Waals surface area contributed by atoms with Crippen molar-refractivity contribution < 1.29 is 33.5 Å². The van der Waals surface area contributed by atoms with Crippen molar-refractivity contribution in [1.29, 1.82) is 0 Å². The van der Waals surface area contributed by atoms with Crippen molar-refractivity contribution in [3.63, 3.8) is 0 Å². The maximum atomic E-state index is 12.7. The van der Waals surface area contributed by atoms with E-state index in [0.717, 1.165) is 22.2 Å². The van der Waals surface area contributed by atoms with E-state index in [1.807, 2.05) is 0 Å². The molecule has 2 aromatic carbocycles. The number of carbonyl (C=O) groups excluding carboxylic acids is 3. The minimum Gasteiger partial charge on any atom is -0.493 e. The molecule has 178 valence electrons. The van der Waals surface area contributed by atoms with Crippen LogP contribution in [0.4, 0.5) is 10.5 Å². The van der Waals surface area contributed by atoms with Gasteiger partial charge in [-0.1, -0.05) is 15.9 Å². The van der Waals surface area contributed by atoms with E-state index in [1.54, 1.807) is 24.3 Å². The number of ether oxygens (including phenoxy) is 3. The van der Waals surface area contributed by atoms with Crippen molar-refractivity contribution >= 4 is 56.6 Å². The summed E-state index contributed by atoms with van der Waals surface area (Å²) in [5, 5.41) is 10.2. The third kappa shape index (κ3) is 5.39. The number of esters is 1. The highest BCUT2D eigenvalue weighted by molar-refractivity contribution is 9.10. The lowest BCUT2D eigenvalue weighted by Crippen LogP contribution is -2.42. The van der Waals surface area contributed by atoms with E-state index in [1.165, 1.54) is 39.4 Å². The van der Waals surface area contributed by atoms with Crippen LogP contribution in [0.1, 0.15) is 18.1 Å². The minimum absolute atomic E-state index is 0.0150. The molecule has 0 N–H and O–H groups in total. The summed E-state index contributed by atoms with van der Waals surface area (Å²) >= 11 is 4.15. The Labute approximate surface area is 207 Å². The molecule has 0 saturated carbocycles. The van der Waals surface area contributed by atoms with Crippen LogP contribution in [0.5, 0.6) is 11.5 Å². The van der Waals surface area contributed by atoms with Gasteiger partial charge in [-0.05, 0) is 60.2 Å². The monoisotopic (exact) mass is 550 g/mol. The van der Waals surface area contributed by atoms with Gasteiger partial charge in [0.15, 0.2) is 11.5 Å². The number of halogens is 1. The van der Waals surface area contributed by atoms with Crippen molar-refractivity contribution in [2.24, 2.45) is 0 Å². The van der Waals surface area contributed by atoms with Gasteiger partial charge in [0.05, 0.1) is 24.0 Å². The van der Waals surface area contributed by atoms with Gasteiger partial charge >= 0.3 is 5.97 Å². The fraction of sp³-hybridized carbons (Fsp3) is 0.227. The Balaban J connectivity index is 1.81. The summed E-state index contributed by atoms with van der Waals surface area (Å²) < 4.78 is 16.4. The highest BCUT2D eigenvalue weighted by atomic mass is 79.9. The van der Waals surface area contributed by atoms with Gasteiger partial charge in [-0.3, -0.25) is 24.6 Å². The van der Waals surface area contributed by atoms with Crippen LogP contribution in [0.3, 0.4) is 0 Å². The van der Waals surface area contributed by atoms with Crippen molar-refractivity contribution in [3.05, 3.63) is 67.0 Å². The Hall–Kier alpha value is -3.38. The lowest BCUT2D eigenvalue weighted by molar-refractivity contribution is -0.384. The topological polar surface area (TPSA) is 125 Å². The summed E-state index contributed by atoms with van der Waals surface area (Å²) in [6.07, 6.45) is 1.52. The molecule has 1 saturated heterocycles. The Kier molecular flexibility index (Phi) is 7.94. The summed E-state index contributed by atoms with van der Waals surface area (Å²) in [6.45, 7) is 1.56. The van der Waals surface area contributed by atoms with Crippen molar-refractivity contribution in [1.82, 2.24) is 4.90 Å². The van der Waals surface area contributed by atoms with Gasteiger partial charge in [-0.15, -0.1) is 0 Å². The molecule has 0 aliphatic carbocycles. The van der Waals surface area contributed by atoms with Crippen LogP contribution in [-0.4, -0.2) is 47.2 Å². The Morgan fingerprint density at radius 3 is 2.47 bits per heavy atom. The van der Waals surface area contributed by atoms with E-state index >= 15 is 0 Å². The van der Waals surface area contributed by atoms with Crippen LogP contribution in [-0.2, 0) is 20.9 Å². The zero-order chi connectivity index (χ0) is 25.0. The van der Waals surface area contributed by atoms with Gasteiger partial charge in [-0.2, -0.15) is 0 Å². The van der Waals surface area contributed by atoms with E-state index in [-0.39, 0.29) is 17.2 Å². The smallest absolute Gasteiger partial charge is 0.328 e. The van der Waals surface area contributed by atoms with Crippen LogP contribution in [0.25, 0.3) is 6.08 Å². The molecule has 34 heavy (non-hydrogen) atoms. The number of imide groups is 1. The van der Waals surface area contributed by atoms with Crippen LogP contribution >= 0.6 is 27.7 Å². The number of hydrogen-bond acceptors (Lipinski definition) is 9. The number of amides is 2. The minimum atomic E-state index is -1.04. The molecule has 1 fully saturated rings. The summed E-state index contributed by atoms with van der Waals surface area (Å²) in [7, 11) is 2.64. The molecule has 0 bridgehead atoms. The quantitative estimate of drug-likeness (QED) is 0.201. The number of thioether (sulfide) groups is 1. The molecule has 10 nitrogen and oxygen atoms in total. The zero-order valence-electron chi connectivity index (χ0n) is 18.3. The summed E-state index contributed by atoms with van der Waals surface area (Å²) in [6, 6.07) is 8.21. The maximum absolute atomic E-state index is 12.7. The third-order valence-corrected chi connectivity index (χ3v) is 6.43. The van der Waals surface area contributed by atoms with Crippen molar-refractivity contribution in [2.45, 2.75) is 19.6 Å². The summed E-state index contributed by atoms with van der Waals surface area (Å²) in [5.41, 5.74) is 1.26. The first-order valence-electron chi connectivity index (χ1n) is 9.74. The largest absolute Gasteiger partial charge is 0.493 e. The van der Waals surface area contributed by atoms with Crippen molar-refractivity contribution in [2.75, 3.05) is 14.2 Å². The normalized spacial score (nSPS) is 15.4. The van der Waals surface area contributed by atoms with E-state index in [0.29, 0.717) is 21.5 Å². The lowest BCUT2D eigenvalue weighted by Gasteiger charge is -2.18. The van der Waals surface area contributed by atoms with Gasteiger partial charge in [0.25, 0.3) is 16.8 Å². The van der Waals surface area contributed by atoms with Gasteiger partial charge in [0.1, 0.15) is 12.6 Å². The van der Waals surface area contributed by atoms with E-state index in [4.69, 9.17) is 9.47 Å². The Morgan fingerprint density at radius 1 is 1.21 bits per heavy atom. The second-order valence-electron chi connectivity index (χ2n) is 6.99. The average molecular weight is 551 g/mol. The number of nitro benzene ring substituents is 1. The maximum Gasteiger partial charge on any atom is 0.328 e. The molecule has 1 atom stereocenters. The van der Waals surface area contributed by atoms with Gasteiger partial charge in [0.2, 0.25) is 0 Å². The fourth-order valence-corrected chi connectivity index (χ4v) is 4.38. The number of nitro groups is 1. The first kappa shape index (κ1) is 25.2. The molecule has 12 heteroatoms. The van der Waals surface area contributed by atoms with Gasteiger partial charge < -0.3 is 14.2 Å². The number of methoxy groups -OCH3 is 2. The van der Waals surface area contributed by atoms with E-state index in [9.17, 15) is 24.5 Å². The standard InChI is InChI=1S/C22H19BrN2O8S/c1-12(21(27)32-3)24-20(26)19(34-22(24)28)9-14-8-17(31-2)18(10-16(14)23)33-11-13-4-6-15(7-5-13)25(29)30/h4-10,12H,11H2,1-3H3/b19-9+/t12-/m1/s1. The zero-order valence-corrected chi connectivity index (χ0v) is 20.7. The highest BCUT2D eigenvalue weighted by Gasteiger charge is 2.41. The molecule has 1 aliphatic rings. The van der Waals surface area contributed by atoms with Gasteiger partial charge in [-0.25, -0.2) is 4.79 Å². The average Bonchev–Trinajstić information content (AvgIpc) is 3.10. The molecule has 1 aliphatic heterocycles. The number of nitrogens with zero attached hydrogens (tertiary/aromatic N) is 2. The molecule has 2 amide bonds. The number of carbonyl (C=O) groups is 3. The van der Waals surface area contributed by atoms with E-state index in [2.05, 4.69) is 20.7 Å². The molecule has 0 aromatic heterocycles. The number of benzene rings is 2. The van der Waals surface area contributed by atoms with Crippen LogP contribution in [0.2, 0.25) is 0 Å². The van der Waals surface area contributed by atoms with Crippen LogP contribution in [0, 0.1) is 10.1 Å². The summed E-state index contributed by atoms with van der Waals surface area (Å²) in [5.74, 6) is -0.519. The fourth-order valence-electron chi connectivity index (χ4n) is 3.04. The summed E-state index contributed by atoms with van der Waals surface area (Å²) in [4.78, 5) is 48.1. The first-order valence-corrected chi connectivity index (χ1v) is 11.4. The predicted molar refractivity (Wildman–Crippen MR) is 127 cm³/mol. The van der Waals surface area contributed by atoms with Crippen molar-refractivity contribution in [3.8, 4) is 11.5 Å². The molecule has 0 radical (unpaired) electrons. The van der Waals surface area contributed by atoms with Crippen LogP contribution in [0.15, 0.2) is 45.8 Å². The van der Waals surface area contributed by atoms with E-state index < -0.39 is 28.1 Å². The molecular formula is C22H19BrN2O8S. The molecule has 0 unspecified atom stereocenters. The molecular weight excluding hydrogens is 532 g/mol. The third-order valence-electron chi connectivity index (χ3n) is 4.86. The second-order valence-corrected chi connectivity index (χ2v) is 8.84. The molecule has 0 spiro atoms. The Bertz CT molecular complexity index is 1180. The van der Waals surface area contributed by atoms with Crippen LogP contribution < -0.4 is 9.47 Å². The number of non-ortho nitro benzene ring substituents is 1. The molecule has 2 aromatic rings. The Morgan fingerprint density at radius 2 is 1.88 bits per heavy atom. The molecule has 3 rings (SSSR count). The molecule has 1 heterocycles. The number of hydrogen-bond donors (Lipinski definition) is 0.